The Hall–Kier alpha value is -5.45. The molecule has 2 aromatic heterocycles. The van der Waals surface area contributed by atoms with Crippen LogP contribution in [0.2, 0.25) is 0 Å². The number of para-hydroxylation sites is 1. The molecule has 10 nitrogen and oxygen atoms in total. The molecule has 0 spiro atoms. The van der Waals surface area contributed by atoms with Gasteiger partial charge in [-0.1, -0.05) is 12.1 Å². The lowest BCUT2D eigenvalue weighted by atomic mass is 10.1. The number of hydrogen-bond donors (Lipinski definition) is 2. The molecule has 3 N–H and O–H groups in total. The van der Waals surface area contributed by atoms with Gasteiger partial charge in [-0.25, -0.2) is 18.8 Å². The average Bonchev–Trinajstić information content (AvgIpc) is 3.76. The number of amides is 3. The minimum absolute atomic E-state index is 0.112. The fourth-order valence-electron chi connectivity index (χ4n) is 5.95. The maximum absolute atomic E-state index is 14.0. The number of ketones is 1. The van der Waals surface area contributed by atoms with Crippen molar-refractivity contribution in [2.24, 2.45) is 0 Å². The van der Waals surface area contributed by atoms with Crippen molar-refractivity contribution in [1.29, 1.82) is 0 Å². The number of urea groups is 1. The van der Waals surface area contributed by atoms with Gasteiger partial charge in [0.1, 0.15) is 17.6 Å². The van der Waals surface area contributed by atoms with Crippen molar-refractivity contribution in [1.82, 2.24) is 19.7 Å². The quantitative estimate of drug-likeness (QED) is 0.198. The Bertz CT molecular complexity index is 1960. The van der Waals surface area contributed by atoms with Crippen LogP contribution in [0.4, 0.5) is 20.7 Å². The second-order valence-electron chi connectivity index (χ2n) is 10.9. The number of carbonyl (C=O) groups excluding carboxylic acids is 3. The highest BCUT2D eigenvalue weighted by Gasteiger charge is 2.48. The largest absolute Gasteiger partial charge is 0.454 e. The Morgan fingerprint density at radius 2 is 1.84 bits per heavy atom. The summed E-state index contributed by atoms with van der Waals surface area (Å²) < 4.78 is 21.2. The number of hydrogen-bond acceptors (Lipinski definition) is 6. The van der Waals surface area contributed by atoms with Crippen LogP contribution in [0.3, 0.4) is 0 Å². The molecule has 2 aliphatic heterocycles. The third-order valence-electron chi connectivity index (χ3n) is 8.13. The molecule has 1 atom stereocenters. The molecule has 3 amide bonds. The van der Waals surface area contributed by atoms with Gasteiger partial charge in [0.05, 0.1) is 28.8 Å². The third-order valence-corrected chi connectivity index (χ3v) is 8.13. The number of aromatic nitrogens is 3. The van der Waals surface area contributed by atoms with E-state index >= 15 is 0 Å². The Morgan fingerprint density at radius 3 is 2.60 bits per heavy atom. The number of carbonyl (C=O) groups is 3. The minimum Gasteiger partial charge on any atom is -0.454 e. The second-order valence-corrected chi connectivity index (χ2v) is 10.9. The van der Waals surface area contributed by atoms with Crippen LogP contribution in [-0.2, 0) is 4.79 Å². The maximum atomic E-state index is 14.0. The fraction of sp³-hybridized carbons (Fsp3) is 0.188. The summed E-state index contributed by atoms with van der Waals surface area (Å²) in [7, 11) is 0. The van der Waals surface area contributed by atoms with Crippen molar-refractivity contribution in [2.75, 3.05) is 17.2 Å². The summed E-state index contributed by atoms with van der Waals surface area (Å²) in [5, 5.41) is 5.13. The highest BCUT2D eigenvalue weighted by Crippen LogP contribution is 2.36. The Morgan fingerprint density at radius 1 is 1.05 bits per heavy atom. The van der Waals surface area contributed by atoms with Gasteiger partial charge in [-0.3, -0.25) is 9.59 Å². The number of fused-ring (bicyclic) bond motifs is 2. The third kappa shape index (κ3) is 4.23. The average molecular weight is 579 g/mol. The van der Waals surface area contributed by atoms with Crippen molar-refractivity contribution in [3.05, 3.63) is 95.1 Å². The molecule has 43 heavy (non-hydrogen) atoms. The summed E-state index contributed by atoms with van der Waals surface area (Å²) in [6, 6.07) is 15.9. The molecule has 2 fully saturated rings. The number of nitrogens with zero attached hydrogens (tertiary/aromatic N) is 4. The minimum atomic E-state index is -0.467. The molecule has 11 heteroatoms. The van der Waals surface area contributed by atoms with Crippen LogP contribution in [0.5, 0.6) is 11.5 Å². The molecule has 2 aliphatic rings. The lowest BCUT2D eigenvalue weighted by Gasteiger charge is -2.17. The molecule has 7 rings (SSSR count). The number of rotatable bonds is 6. The number of benzene rings is 3. The highest BCUT2D eigenvalue weighted by molar-refractivity contribution is 6.22. The van der Waals surface area contributed by atoms with Gasteiger partial charge >= 0.3 is 6.03 Å². The van der Waals surface area contributed by atoms with Crippen molar-refractivity contribution in [2.45, 2.75) is 32.7 Å². The van der Waals surface area contributed by atoms with Gasteiger partial charge in [0.15, 0.2) is 11.6 Å². The zero-order valence-electron chi connectivity index (χ0n) is 23.4. The summed E-state index contributed by atoms with van der Waals surface area (Å²) >= 11 is 0. The van der Waals surface area contributed by atoms with Gasteiger partial charge in [-0.15, -0.1) is 0 Å². The first-order valence-electron chi connectivity index (χ1n) is 13.9. The zero-order valence-corrected chi connectivity index (χ0v) is 23.4. The van der Waals surface area contributed by atoms with Crippen LogP contribution in [0.1, 0.15) is 40.0 Å². The van der Waals surface area contributed by atoms with E-state index in [0.717, 1.165) is 22.9 Å². The predicted octanol–water partition coefficient (Wildman–Crippen LogP) is 5.65. The van der Waals surface area contributed by atoms with Crippen molar-refractivity contribution >= 4 is 40.1 Å². The molecule has 5 aromatic rings. The van der Waals surface area contributed by atoms with E-state index in [1.165, 1.54) is 21.8 Å². The standard InChI is InChI=1S/C32H27FN6O4/c1-17-12-19-14-24(36-23(19)15-27(17)38-31(41)26-7-5-11-37(26)32(38)42)29(40)21-16-35-39(30(21)34)25-10-9-20(13-18(25)2)43-28-8-4-3-6-22(28)33/h3-4,6,8-10,12-16,26,36H,5,7,11,34H2,1-2H3/t26-/m0/s1. The van der Waals surface area contributed by atoms with Crippen LogP contribution in [0.25, 0.3) is 16.6 Å². The number of aromatic amines is 1. The smallest absolute Gasteiger partial charge is 0.332 e. The normalized spacial score (nSPS) is 16.4. The number of anilines is 2. The molecule has 0 radical (unpaired) electrons. The van der Waals surface area contributed by atoms with Gasteiger partial charge < -0.3 is 20.4 Å². The topological polar surface area (TPSA) is 127 Å². The van der Waals surface area contributed by atoms with E-state index in [1.807, 2.05) is 19.9 Å². The van der Waals surface area contributed by atoms with Crippen LogP contribution in [0, 0.1) is 19.7 Å². The monoisotopic (exact) mass is 578 g/mol. The SMILES string of the molecule is Cc1cc2cc(C(=O)c3cnn(-c4ccc(Oc5ccccc5F)cc4C)c3N)[nH]c2cc1N1C(=O)[C@@H]2CCCN2C1=O. The number of nitrogens with one attached hydrogen (secondary N) is 1. The molecule has 0 aliphatic carbocycles. The highest BCUT2D eigenvalue weighted by atomic mass is 19.1. The summed E-state index contributed by atoms with van der Waals surface area (Å²) in [6.45, 7) is 4.25. The van der Waals surface area contributed by atoms with Crippen LogP contribution in [0.15, 0.2) is 66.9 Å². The first-order valence-corrected chi connectivity index (χ1v) is 13.9. The van der Waals surface area contributed by atoms with E-state index in [2.05, 4.69) is 10.1 Å². The number of aryl methyl sites for hydroxylation is 2. The molecule has 0 bridgehead atoms. The zero-order chi connectivity index (χ0) is 30.0. The van der Waals surface area contributed by atoms with E-state index in [-0.39, 0.29) is 34.9 Å². The van der Waals surface area contributed by atoms with Crippen molar-refractivity contribution in [3.63, 3.8) is 0 Å². The number of nitrogen functional groups attached to an aromatic ring is 1. The molecule has 3 aromatic carbocycles. The molecule has 0 saturated carbocycles. The first-order chi connectivity index (χ1) is 20.7. The number of nitrogens with two attached hydrogens (primary N) is 1. The first kappa shape index (κ1) is 26.4. The second kappa shape index (κ2) is 9.83. The lowest BCUT2D eigenvalue weighted by molar-refractivity contribution is -0.119. The summed E-state index contributed by atoms with van der Waals surface area (Å²) in [6.07, 6.45) is 2.91. The number of imide groups is 1. The van der Waals surface area contributed by atoms with E-state index in [0.29, 0.717) is 41.3 Å². The van der Waals surface area contributed by atoms with E-state index in [4.69, 9.17) is 10.5 Å². The predicted molar refractivity (Wildman–Crippen MR) is 158 cm³/mol. The van der Waals surface area contributed by atoms with E-state index in [1.54, 1.807) is 53.4 Å². The Balaban J connectivity index is 1.16. The summed E-state index contributed by atoms with van der Waals surface area (Å²) in [5.41, 5.74) is 10.2. The van der Waals surface area contributed by atoms with Gasteiger partial charge in [0.2, 0.25) is 5.78 Å². The number of halogens is 1. The fourth-order valence-corrected chi connectivity index (χ4v) is 5.95. The molecular weight excluding hydrogens is 551 g/mol. The van der Waals surface area contributed by atoms with E-state index in [9.17, 15) is 18.8 Å². The Labute approximate surface area is 245 Å². The van der Waals surface area contributed by atoms with E-state index < -0.39 is 11.9 Å². The molecule has 2 saturated heterocycles. The van der Waals surface area contributed by atoms with Gasteiger partial charge in [-0.05, 0) is 86.3 Å². The molecule has 4 heterocycles. The van der Waals surface area contributed by atoms with Gasteiger partial charge in [-0.2, -0.15) is 5.10 Å². The van der Waals surface area contributed by atoms with Crippen LogP contribution >= 0.6 is 0 Å². The van der Waals surface area contributed by atoms with Gasteiger partial charge in [0, 0.05) is 17.4 Å². The molecular formula is C32H27FN6O4. The number of H-pyrrole nitrogens is 1. The molecule has 216 valence electrons. The Kier molecular flexibility index (Phi) is 6.05. The number of ether oxygens (including phenoxy) is 1. The van der Waals surface area contributed by atoms with Crippen LogP contribution < -0.4 is 15.4 Å². The van der Waals surface area contributed by atoms with Crippen molar-refractivity contribution in [3.8, 4) is 17.2 Å². The van der Waals surface area contributed by atoms with Crippen LogP contribution in [-0.4, -0.2) is 50.0 Å². The van der Waals surface area contributed by atoms with Gasteiger partial charge in [0.25, 0.3) is 5.91 Å². The lowest BCUT2D eigenvalue weighted by Crippen LogP contribution is -2.33. The maximum Gasteiger partial charge on any atom is 0.332 e. The summed E-state index contributed by atoms with van der Waals surface area (Å²) in [4.78, 5) is 45.6. The summed E-state index contributed by atoms with van der Waals surface area (Å²) in [5.74, 6) is -0.328. The van der Waals surface area contributed by atoms with Crippen molar-refractivity contribution < 1.29 is 23.5 Å². The molecule has 0 unspecified atom stereocenters.